The number of hydrogen-bond donors (Lipinski definition) is 3. The summed E-state index contributed by atoms with van der Waals surface area (Å²) in [5.41, 5.74) is 1.74. The van der Waals surface area contributed by atoms with E-state index in [1.807, 2.05) is 6.92 Å². The second-order valence-corrected chi connectivity index (χ2v) is 8.14. The number of H-pyrrole nitrogens is 1. The van der Waals surface area contributed by atoms with Gasteiger partial charge in [0.2, 0.25) is 5.95 Å². The molecular weight excluding hydrogens is 435 g/mol. The molecule has 3 N–H and O–H groups in total. The first-order valence-electron chi connectivity index (χ1n) is 10.6. The van der Waals surface area contributed by atoms with Crippen LogP contribution in [0.3, 0.4) is 0 Å². The van der Waals surface area contributed by atoms with E-state index in [9.17, 15) is 13.2 Å². The number of nitrogens with zero attached hydrogens (tertiary/aromatic N) is 4. The third kappa shape index (κ3) is 4.04. The molecule has 0 aliphatic carbocycles. The number of aromatic amines is 1. The minimum atomic E-state index is -4.60. The van der Waals surface area contributed by atoms with Gasteiger partial charge in [-0.1, -0.05) is 5.16 Å². The Kier molecular flexibility index (Phi) is 5.28. The van der Waals surface area contributed by atoms with E-state index in [1.165, 1.54) is 6.20 Å². The molecule has 1 saturated heterocycles. The molecule has 0 spiro atoms. The standard InChI is InChI=1S/C22H22F3N7O/c1-11-18(12(2)33-32-11)17-6-5-14-15(9-27-20(14)30-17)19-16(22(23,24)25)10-28-21(31-19)29-13-4-3-7-26-8-13/h5-6,9-10,13,26H,3-4,7-8H2,1-2H3,(H,27,30)(H,28,29,31)/t13-/m0/s1. The number of piperidine rings is 1. The number of aryl methyl sites for hydroxylation is 2. The van der Waals surface area contributed by atoms with Crippen molar-refractivity contribution in [3.8, 4) is 22.5 Å². The van der Waals surface area contributed by atoms with E-state index < -0.39 is 11.7 Å². The molecule has 4 aromatic heterocycles. The van der Waals surface area contributed by atoms with Gasteiger partial charge in [0, 0.05) is 35.9 Å². The Morgan fingerprint density at radius 2 is 2.03 bits per heavy atom. The molecular formula is C22H22F3N7O. The van der Waals surface area contributed by atoms with E-state index in [4.69, 9.17) is 4.52 Å². The van der Waals surface area contributed by atoms with Crippen molar-refractivity contribution in [2.75, 3.05) is 18.4 Å². The van der Waals surface area contributed by atoms with Gasteiger partial charge in [-0.3, -0.25) is 0 Å². The van der Waals surface area contributed by atoms with E-state index in [-0.39, 0.29) is 17.7 Å². The van der Waals surface area contributed by atoms with Crippen LogP contribution in [-0.4, -0.2) is 44.2 Å². The van der Waals surface area contributed by atoms with Gasteiger partial charge in [0.15, 0.2) is 0 Å². The van der Waals surface area contributed by atoms with E-state index >= 15 is 0 Å². The minimum absolute atomic E-state index is 0.0607. The highest BCUT2D eigenvalue weighted by Crippen LogP contribution is 2.39. The second kappa shape index (κ2) is 8.14. The van der Waals surface area contributed by atoms with E-state index in [1.54, 1.807) is 19.1 Å². The summed E-state index contributed by atoms with van der Waals surface area (Å²) in [6.07, 6.45) is -0.390. The number of hydrogen-bond acceptors (Lipinski definition) is 7. The maximum absolute atomic E-state index is 13.8. The Morgan fingerprint density at radius 3 is 2.73 bits per heavy atom. The molecule has 172 valence electrons. The van der Waals surface area contributed by atoms with Gasteiger partial charge in [-0.05, 0) is 45.4 Å². The number of halogens is 3. The molecule has 8 nitrogen and oxygen atoms in total. The predicted octanol–water partition coefficient (Wildman–Crippen LogP) is 4.47. The summed E-state index contributed by atoms with van der Waals surface area (Å²) in [5, 5.41) is 10.9. The van der Waals surface area contributed by atoms with Crippen molar-refractivity contribution in [1.82, 2.24) is 30.4 Å². The van der Waals surface area contributed by atoms with Crippen molar-refractivity contribution in [3.05, 3.63) is 41.5 Å². The van der Waals surface area contributed by atoms with Gasteiger partial charge in [0.25, 0.3) is 0 Å². The molecule has 5 heterocycles. The quantitative estimate of drug-likeness (QED) is 0.415. The summed E-state index contributed by atoms with van der Waals surface area (Å²) in [7, 11) is 0. The van der Waals surface area contributed by atoms with E-state index in [0.29, 0.717) is 40.3 Å². The van der Waals surface area contributed by atoms with Crippen LogP contribution in [0.4, 0.5) is 19.1 Å². The first-order chi connectivity index (χ1) is 15.8. The fourth-order valence-electron chi connectivity index (χ4n) is 4.21. The van der Waals surface area contributed by atoms with Gasteiger partial charge < -0.3 is 20.1 Å². The van der Waals surface area contributed by atoms with E-state index in [0.717, 1.165) is 31.1 Å². The molecule has 1 fully saturated rings. The number of rotatable bonds is 4. The molecule has 0 radical (unpaired) electrons. The van der Waals surface area contributed by atoms with Gasteiger partial charge in [-0.15, -0.1) is 0 Å². The van der Waals surface area contributed by atoms with Crippen molar-refractivity contribution >= 4 is 17.0 Å². The predicted molar refractivity (Wildman–Crippen MR) is 117 cm³/mol. The first kappa shape index (κ1) is 21.4. The zero-order valence-electron chi connectivity index (χ0n) is 18.0. The smallest absolute Gasteiger partial charge is 0.361 e. The normalized spacial score (nSPS) is 16.9. The van der Waals surface area contributed by atoms with Crippen LogP contribution in [0.25, 0.3) is 33.5 Å². The zero-order valence-corrected chi connectivity index (χ0v) is 18.0. The molecule has 4 aromatic rings. The molecule has 0 saturated carbocycles. The van der Waals surface area contributed by atoms with Crippen LogP contribution in [0, 0.1) is 13.8 Å². The molecule has 0 amide bonds. The first-order valence-corrected chi connectivity index (χ1v) is 10.6. The van der Waals surface area contributed by atoms with Crippen molar-refractivity contribution in [3.63, 3.8) is 0 Å². The SMILES string of the molecule is Cc1noc(C)c1-c1ccc2c(-c3nc(N[C@H]4CCCNC4)ncc3C(F)(F)F)c[nH]c2n1. The maximum Gasteiger partial charge on any atom is 0.419 e. The number of alkyl halides is 3. The van der Waals surface area contributed by atoms with Crippen molar-refractivity contribution < 1.29 is 17.7 Å². The molecule has 1 aliphatic rings. The fraction of sp³-hybridized carbons (Fsp3) is 0.364. The number of anilines is 1. The number of nitrogens with one attached hydrogen (secondary N) is 3. The lowest BCUT2D eigenvalue weighted by Gasteiger charge is -2.24. The van der Waals surface area contributed by atoms with Crippen LogP contribution < -0.4 is 10.6 Å². The number of fused-ring (bicyclic) bond motifs is 1. The highest BCUT2D eigenvalue weighted by molar-refractivity contribution is 5.94. The van der Waals surface area contributed by atoms with Crippen LogP contribution >= 0.6 is 0 Å². The largest absolute Gasteiger partial charge is 0.419 e. The average Bonchev–Trinajstić information content (AvgIpc) is 3.35. The van der Waals surface area contributed by atoms with Crippen LogP contribution in [-0.2, 0) is 6.18 Å². The zero-order chi connectivity index (χ0) is 23.2. The third-order valence-electron chi connectivity index (χ3n) is 5.81. The highest BCUT2D eigenvalue weighted by Gasteiger charge is 2.36. The van der Waals surface area contributed by atoms with Crippen LogP contribution in [0.1, 0.15) is 29.9 Å². The Labute approximate surface area is 187 Å². The summed E-state index contributed by atoms with van der Waals surface area (Å²) in [6, 6.07) is 3.54. The monoisotopic (exact) mass is 457 g/mol. The van der Waals surface area contributed by atoms with E-state index in [2.05, 4.69) is 35.7 Å². The Hall–Kier alpha value is -3.47. The van der Waals surface area contributed by atoms with Crippen molar-refractivity contribution in [2.24, 2.45) is 0 Å². The maximum atomic E-state index is 13.8. The molecule has 33 heavy (non-hydrogen) atoms. The van der Waals surface area contributed by atoms with Gasteiger partial charge in [0.05, 0.1) is 22.6 Å². The highest BCUT2D eigenvalue weighted by atomic mass is 19.4. The van der Waals surface area contributed by atoms with Gasteiger partial charge >= 0.3 is 6.18 Å². The number of aromatic nitrogens is 5. The summed E-state index contributed by atoms with van der Waals surface area (Å²) < 4.78 is 46.7. The van der Waals surface area contributed by atoms with Crippen LogP contribution in [0.15, 0.2) is 29.0 Å². The molecule has 5 rings (SSSR count). The van der Waals surface area contributed by atoms with Gasteiger partial charge in [-0.25, -0.2) is 15.0 Å². The summed E-state index contributed by atoms with van der Waals surface area (Å²) >= 11 is 0. The molecule has 1 atom stereocenters. The fourth-order valence-corrected chi connectivity index (χ4v) is 4.21. The second-order valence-electron chi connectivity index (χ2n) is 8.14. The lowest BCUT2D eigenvalue weighted by atomic mass is 10.1. The van der Waals surface area contributed by atoms with Gasteiger partial charge in [-0.2, -0.15) is 13.2 Å². The van der Waals surface area contributed by atoms with Crippen molar-refractivity contribution in [1.29, 1.82) is 0 Å². The summed E-state index contributed by atoms with van der Waals surface area (Å²) in [6.45, 7) is 5.23. The average molecular weight is 457 g/mol. The van der Waals surface area contributed by atoms with Crippen LogP contribution in [0.2, 0.25) is 0 Å². The topological polar surface area (TPSA) is 105 Å². The lowest BCUT2D eigenvalue weighted by molar-refractivity contribution is -0.137. The summed E-state index contributed by atoms with van der Waals surface area (Å²) in [4.78, 5) is 15.8. The molecule has 11 heteroatoms. The third-order valence-corrected chi connectivity index (χ3v) is 5.81. The van der Waals surface area contributed by atoms with Gasteiger partial charge in [0.1, 0.15) is 17.0 Å². The lowest BCUT2D eigenvalue weighted by Crippen LogP contribution is -2.38. The van der Waals surface area contributed by atoms with Crippen molar-refractivity contribution in [2.45, 2.75) is 38.9 Å². The number of pyridine rings is 1. The minimum Gasteiger partial charge on any atom is -0.361 e. The Bertz CT molecular complexity index is 1290. The molecule has 0 aromatic carbocycles. The Balaban J connectivity index is 1.58. The molecule has 1 aliphatic heterocycles. The molecule has 0 unspecified atom stereocenters. The summed E-state index contributed by atoms with van der Waals surface area (Å²) in [5.74, 6) is 0.788. The Morgan fingerprint density at radius 1 is 1.18 bits per heavy atom. The molecule has 0 bridgehead atoms. The van der Waals surface area contributed by atoms with Crippen LogP contribution in [0.5, 0.6) is 0 Å².